The number of furan rings is 1. The fourth-order valence-corrected chi connectivity index (χ4v) is 1.69. The van der Waals surface area contributed by atoms with Crippen LogP contribution in [0.4, 0.5) is 18.9 Å². The molecule has 0 aliphatic rings. The fraction of sp³-hybridized carbons (Fsp3) is 0.214. The summed E-state index contributed by atoms with van der Waals surface area (Å²) in [5, 5.41) is 2.53. The van der Waals surface area contributed by atoms with Gasteiger partial charge in [0, 0.05) is 31.2 Å². The minimum Gasteiger partial charge on any atom is -0.460 e. The lowest BCUT2D eigenvalue weighted by Crippen LogP contribution is -2.13. The Bertz CT molecular complexity index is 719. The summed E-state index contributed by atoms with van der Waals surface area (Å²) in [4.78, 5) is 27.0. The molecule has 2 aromatic heterocycles. The molecule has 0 saturated carbocycles. The van der Waals surface area contributed by atoms with Crippen molar-refractivity contribution in [1.82, 2.24) is 4.98 Å². The number of ketones is 1. The van der Waals surface area contributed by atoms with Gasteiger partial charge in [0.05, 0.1) is 12.0 Å². The summed E-state index contributed by atoms with van der Waals surface area (Å²) in [6.07, 6.45) is -1.92. The normalized spacial score (nSPS) is 12.0. The fourth-order valence-electron chi connectivity index (χ4n) is 1.69. The van der Waals surface area contributed by atoms with E-state index in [2.05, 4.69) is 10.3 Å². The van der Waals surface area contributed by atoms with Crippen LogP contribution >= 0.6 is 0 Å². The molecule has 0 radical (unpaired) electrons. The number of allylic oxidation sites excluding steroid dienone is 2. The van der Waals surface area contributed by atoms with E-state index in [-0.39, 0.29) is 18.9 Å². The lowest BCUT2D eigenvalue weighted by Gasteiger charge is -2.04. The van der Waals surface area contributed by atoms with Gasteiger partial charge in [0.25, 0.3) is 0 Å². The average Bonchev–Trinajstić information content (AvgIpc) is 2.91. The third-order valence-corrected chi connectivity index (χ3v) is 2.67. The van der Waals surface area contributed by atoms with Crippen molar-refractivity contribution >= 4 is 28.5 Å². The van der Waals surface area contributed by atoms with Crippen molar-refractivity contribution in [1.29, 1.82) is 0 Å². The molecule has 0 saturated heterocycles. The highest BCUT2D eigenvalue weighted by molar-refractivity contribution is 6.00. The molecule has 116 valence electrons. The van der Waals surface area contributed by atoms with Crippen LogP contribution in [0.1, 0.15) is 12.8 Å². The first-order valence-corrected chi connectivity index (χ1v) is 6.26. The van der Waals surface area contributed by atoms with Crippen molar-refractivity contribution in [3.8, 4) is 0 Å². The first kappa shape index (κ1) is 15.7. The zero-order chi connectivity index (χ0) is 16.2. The molecule has 1 N–H and O–H groups in total. The van der Waals surface area contributed by atoms with E-state index in [0.717, 1.165) is 0 Å². The van der Waals surface area contributed by atoms with E-state index in [0.29, 0.717) is 22.9 Å². The third-order valence-electron chi connectivity index (χ3n) is 2.67. The number of rotatable bonds is 5. The quantitative estimate of drug-likeness (QED) is 0.860. The average molecular weight is 312 g/mol. The van der Waals surface area contributed by atoms with Crippen LogP contribution in [0.2, 0.25) is 0 Å². The number of nitrogens with zero attached hydrogens (tertiary/aromatic N) is 1. The van der Waals surface area contributed by atoms with Crippen LogP contribution in [0.5, 0.6) is 0 Å². The van der Waals surface area contributed by atoms with Gasteiger partial charge in [-0.25, -0.2) is 0 Å². The molecule has 0 aliphatic heterocycles. The molecule has 0 unspecified atom stereocenters. The van der Waals surface area contributed by atoms with E-state index in [4.69, 9.17) is 4.42 Å². The van der Waals surface area contributed by atoms with Gasteiger partial charge < -0.3 is 9.73 Å². The minimum atomic E-state index is -4.54. The van der Waals surface area contributed by atoms with E-state index < -0.39 is 17.9 Å². The second-order valence-corrected chi connectivity index (χ2v) is 4.38. The molecule has 22 heavy (non-hydrogen) atoms. The number of nitrogens with one attached hydrogen (secondary N) is 1. The highest BCUT2D eigenvalue weighted by atomic mass is 19.4. The van der Waals surface area contributed by atoms with Crippen molar-refractivity contribution in [2.24, 2.45) is 0 Å². The number of hydrogen-bond acceptors (Lipinski definition) is 4. The van der Waals surface area contributed by atoms with Gasteiger partial charge in [0.15, 0.2) is 11.4 Å². The maximum atomic E-state index is 11.9. The molecule has 0 aromatic carbocycles. The summed E-state index contributed by atoms with van der Waals surface area (Å²) in [6, 6.07) is 3.14. The zero-order valence-corrected chi connectivity index (χ0v) is 11.2. The molecule has 2 aromatic rings. The van der Waals surface area contributed by atoms with E-state index >= 15 is 0 Å². The van der Waals surface area contributed by atoms with Crippen LogP contribution in [0.25, 0.3) is 11.1 Å². The highest BCUT2D eigenvalue weighted by Crippen LogP contribution is 2.22. The molecule has 8 heteroatoms. The van der Waals surface area contributed by atoms with Crippen molar-refractivity contribution in [2.75, 3.05) is 5.32 Å². The Morgan fingerprint density at radius 2 is 2.05 bits per heavy atom. The summed E-state index contributed by atoms with van der Waals surface area (Å²) >= 11 is 0. The molecule has 0 fully saturated rings. The SMILES string of the molecule is O=C(/C=C/C(F)(F)F)CCC(=O)Nc1ccnc2ccoc12. The largest absolute Gasteiger partial charge is 0.460 e. The predicted molar refractivity (Wildman–Crippen MR) is 72.1 cm³/mol. The van der Waals surface area contributed by atoms with E-state index in [1.165, 1.54) is 18.5 Å². The van der Waals surface area contributed by atoms with Crippen molar-refractivity contribution in [3.63, 3.8) is 0 Å². The maximum Gasteiger partial charge on any atom is 0.409 e. The Hall–Kier alpha value is -2.64. The standard InChI is InChI=1S/C14H11F3N2O3/c15-14(16,17)6-3-9(20)1-2-12(21)19-11-4-7-18-10-5-8-22-13(10)11/h3-8H,1-2H2,(H,18,19,21)/b6-3+. The number of hydrogen-bond donors (Lipinski definition) is 1. The highest BCUT2D eigenvalue weighted by Gasteiger charge is 2.22. The molecule has 1 amide bonds. The molecule has 0 bridgehead atoms. The predicted octanol–water partition coefficient (Wildman–Crippen LogP) is 3.23. The van der Waals surface area contributed by atoms with Gasteiger partial charge in [-0.1, -0.05) is 0 Å². The molecular formula is C14H11F3N2O3. The molecule has 2 rings (SSSR count). The number of carbonyl (C=O) groups excluding carboxylic acids is 2. The number of carbonyl (C=O) groups is 2. The Kier molecular flexibility index (Phi) is 4.59. The number of halogens is 3. The number of fused-ring (bicyclic) bond motifs is 1. The zero-order valence-electron chi connectivity index (χ0n) is 11.2. The van der Waals surface area contributed by atoms with Crippen LogP contribution in [0.15, 0.2) is 41.2 Å². The molecule has 0 aliphatic carbocycles. The number of anilines is 1. The van der Waals surface area contributed by atoms with Crippen LogP contribution in [0, 0.1) is 0 Å². The Morgan fingerprint density at radius 1 is 1.27 bits per heavy atom. The van der Waals surface area contributed by atoms with Crippen LogP contribution in [-0.4, -0.2) is 22.9 Å². The minimum absolute atomic E-state index is 0.150. The third kappa shape index (κ3) is 4.44. The maximum absolute atomic E-state index is 11.9. The number of alkyl halides is 3. The van der Waals surface area contributed by atoms with Gasteiger partial charge >= 0.3 is 6.18 Å². The van der Waals surface area contributed by atoms with Gasteiger partial charge in [-0.05, 0) is 12.1 Å². The van der Waals surface area contributed by atoms with Crippen molar-refractivity contribution in [3.05, 3.63) is 36.7 Å². The molecule has 0 spiro atoms. The van der Waals surface area contributed by atoms with Gasteiger partial charge in [-0.3, -0.25) is 14.6 Å². The summed E-state index contributed by atoms with van der Waals surface area (Å²) in [5.41, 5.74) is 1.33. The van der Waals surface area contributed by atoms with Gasteiger partial charge in [0.1, 0.15) is 5.52 Å². The molecule has 5 nitrogen and oxygen atoms in total. The summed E-state index contributed by atoms with van der Waals surface area (Å²) in [5.74, 6) is -1.27. The monoisotopic (exact) mass is 312 g/mol. The summed E-state index contributed by atoms with van der Waals surface area (Å²) < 4.78 is 40.8. The number of amides is 1. The Morgan fingerprint density at radius 3 is 2.77 bits per heavy atom. The lowest BCUT2D eigenvalue weighted by atomic mass is 10.2. The van der Waals surface area contributed by atoms with Crippen molar-refractivity contribution < 1.29 is 27.2 Å². The molecule has 0 atom stereocenters. The number of aromatic nitrogens is 1. The van der Waals surface area contributed by atoms with Gasteiger partial charge in [-0.2, -0.15) is 13.2 Å². The Balaban J connectivity index is 1.90. The van der Waals surface area contributed by atoms with E-state index in [1.54, 1.807) is 6.07 Å². The summed E-state index contributed by atoms with van der Waals surface area (Å²) in [7, 11) is 0. The van der Waals surface area contributed by atoms with Crippen LogP contribution in [-0.2, 0) is 9.59 Å². The second kappa shape index (κ2) is 6.42. The van der Waals surface area contributed by atoms with Crippen LogP contribution < -0.4 is 5.32 Å². The first-order chi connectivity index (χ1) is 10.3. The topological polar surface area (TPSA) is 72.2 Å². The summed E-state index contributed by atoms with van der Waals surface area (Å²) in [6.45, 7) is 0. The molecule has 2 heterocycles. The second-order valence-electron chi connectivity index (χ2n) is 4.38. The van der Waals surface area contributed by atoms with E-state index in [9.17, 15) is 22.8 Å². The van der Waals surface area contributed by atoms with E-state index in [1.807, 2.05) is 0 Å². The van der Waals surface area contributed by atoms with Crippen molar-refractivity contribution in [2.45, 2.75) is 19.0 Å². The smallest absolute Gasteiger partial charge is 0.409 e. The molecular weight excluding hydrogens is 301 g/mol. The first-order valence-electron chi connectivity index (χ1n) is 6.26. The van der Waals surface area contributed by atoms with Gasteiger partial charge in [0.2, 0.25) is 5.91 Å². The lowest BCUT2D eigenvalue weighted by molar-refractivity contribution is -0.120. The van der Waals surface area contributed by atoms with Crippen LogP contribution in [0.3, 0.4) is 0 Å². The number of pyridine rings is 1. The Labute approximate surface area is 122 Å². The van der Waals surface area contributed by atoms with Gasteiger partial charge in [-0.15, -0.1) is 0 Å².